The quantitative estimate of drug-likeness (QED) is 0.819. The van der Waals surface area contributed by atoms with Gasteiger partial charge in [0, 0.05) is 17.4 Å². The highest BCUT2D eigenvalue weighted by molar-refractivity contribution is 8.00. The topological polar surface area (TPSA) is 57.5 Å². The van der Waals surface area contributed by atoms with Crippen LogP contribution < -0.4 is 0 Å². The van der Waals surface area contributed by atoms with E-state index >= 15 is 0 Å². The molecule has 1 unspecified atom stereocenters. The molecule has 15 heavy (non-hydrogen) atoms. The highest BCUT2D eigenvalue weighted by atomic mass is 32.2. The second kappa shape index (κ2) is 4.24. The number of hydrogen-bond donors (Lipinski definition) is 2. The lowest BCUT2D eigenvalue weighted by Crippen LogP contribution is -2.16. The lowest BCUT2D eigenvalue weighted by atomic mass is 9.99. The maximum absolute atomic E-state index is 10.5. The van der Waals surface area contributed by atoms with Crippen LogP contribution in [0.2, 0.25) is 0 Å². The smallest absolute Gasteiger partial charge is 0.337 e. The van der Waals surface area contributed by atoms with Crippen LogP contribution in [0.3, 0.4) is 0 Å². The van der Waals surface area contributed by atoms with E-state index in [2.05, 4.69) is 0 Å². The molecule has 1 aliphatic heterocycles. The number of aliphatic carboxylic acids is 1. The van der Waals surface area contributed by atoms with Crippen LogP contribution in [0.1, 0.15) is 23.1 Å². The number of carboxylic acids is 1. The van der Waals surface area contributed by atoms with E-state index in [-0.39, 0.29) is 0 Å². The Bertz CT molecular complexity index is 357. The van der Waals surface area contributed by atoms with E-state index in [1.165, 1.54) is 5.56 Å². The number of aliphatic hydroxyl groups excluding tert-OH is 1. The zero-order valence-electron chi connectivity index (χ0n) is 8.09. The molecule has 4 heteroatoms. The van der Waals surface area contributed by atoms with Gasteiger partial charge in [-0.25, -0.2) is 4.79 Å². The molecule has 0 saturated carbocycles. The zero-order valence-corrected chi connectivity index (χ0v) is 8.91. The van der Waals surface area contributed by atoms with E-state index in [9.17, 15) is 9.90 Å². The van der Waals surface area contributed by atoms with Gasteiger partial charge in [-0.05, 0) is 11.1 Å². The van der Waals surface area contributed by atoms with Crippen LogP contribution in [0, 0.1) is 0 Å². The van der Waals surface area contributed by atoms with Crippen molar-refractivity contribution in [1.82, 2.24) is 0 Å². The van der Waals surface area contributed by atoms with Crippen molar-refractivity contribution >= 4 is 17.7 Å². The number of thioether (sulfide) groups is 1. The number of aliphatic hydroxyl groups is 1. The van der Waals surface area contributed by atoms with E-state index < -0.39 is 12.1 Å². The molecule has 3 nitrogen and oxygen atoms in total. The Hall–Kier alpha value is -1.00. The lowest BCUT2D eigenvalue weighted by Gasteiger charge is -2.25. The minimum Gasteiger partial charge on any atom is -0.479 e. The molecule has 0 aromatic heterocycles. The van der Waals surface area contributed by atoms with E-state index in [4.69, 9.17) is 5.11 Å². The summed E-state index contributed by atoms with van der Waals surface area (Å²) in [5.74, 6) is 1.68. The predicted molar refractivity (Wildman–Crippen MR) is 59.1 cm³/mol. The van der Waals surface area contributed by atoms with Crippen LogP contribution in [0.25, 0.3) is 0 Å². The summed E-state index contributed by atoms with van der Waals surface area (Å²) in [6, 6.07) is 7.20. The van der Waals surface area contributed by atoms with Crippen molar-refractivity contribution in [3.63, 3.8) is 0 Å². The van der Waals surface area contributed by atoms with Crippen molar-refractivity contribution < 1.29 is 15.0 Å². The van der Waals surface area contributed by atoms with Gasteiger partial charge in [0.05, 0.1) is 0 Å². The Labute approximate surface area is 92.1 Å². The zero-order chi connectivity index (χ0) is 10.8. The Kier molecular flexibility index (Phi) is 2.98. The Balaban J connectivity index is 2.12. The molecule has 1 atom stereocenters. The van der Waals surface area contributed by atoms with Gasteiger partial charge in [0.15, 0.2) is 6.10 Å². The van der Waals surface area contributed by atoms with Gasteiger partial charge in [-0.3, -0.25) is 0 Å². The van der Waals surface area contributed by atoms with Gasteiger partial charge in [-0.15, -0.1) is 0 Å². The molecule has 1 heterocycles. The maximum atomic E-state index is 10.5. The van der Waals surface area contributed by atoms with E-state index in [1.807, 2.05) is 23.9 Å². The van der Waals surface area contributed by atoms with Gasteiger partial charge in [0.1, 0.15) is 0 Å². The first-order valence-electron chi connectivity index (χ1n) is 4.77. The van der Waals surface area contributed by atoms with Crippen molar-refractivity contribution in [2.75, 3.05) is 11.5 Å². The van der Waals surface area contributed by atoms with Crippen molar-refractivity contribution in [1.29, 1.82) is 0 Å². The molecule has 2 rings (SSSR count). The monoisotopic (exact) mass is 224 g/mol. The minimum atomic E-state index is -1.41. The summed E-state index contributed by atoms with van der Waals surface area (Å²) in [7, 11) is 0. The van der Waals surface area contributed by atoms with Crippen molar-refractivity contribution in [2.24, 2.45) is 0 Å². The average Bonchev–Trinajstić information content (AvgIpc) is 2.15. The van der Waals surface area contributed by atoms with Crippen molar-refractivity contribution in [3.8, 4) is 0 Å². The van der Waals surface area contributed by atoms with Crippen LogP contribution in [-0.4, -0.2) is 27.7 Å². The molecule has 0 amide bonds. The molecule has 2 N–H and O–H groups in total. The number of carbonyl (C=O) groups is 1. The fourth-order valence-corrected chi connectivity index (χ4v) is 2.38. The molecule has 1 aromatic carbocycles. The summed E-state index contributed by atoms with van der Waals surface area (Å²) in [4.78, 5) is 10.5. The highest BCUT2D eigenvalue weighted by Crippen LogP contribution is 2.34. The molecule has 80 valence electrons. The molecule has 1 aliphatic rings. The van der Waals surface area contributed by atoms with Gasteiger partial charge in [0.25, 0.3) is 0 Å². The number of carboxylic acid groups (broad SMARTS) is 1. The third-order valence-corrected chi connectivity index (χ3v) is 3.87. The van der Waals surface area contributed by atoms with Gasteiger partial charge in [0.2, 0.25) is 0 Å². The summed E-state index contributed by atoms with van der Waals surface area (Å²) >= 11 is 1.91. The number of rotatable bonds is 3. The van der Waals surface area contributed by atoms with Crippen LogP contribution in [0.15, 0.2) is 24.3 Å². The number of hydrogen-bond acceptors (Lipinski definition) is 3. The largest absolute Gasteiger partial charge is 0.479 e. The van der Waals surface area contributed by atoms with Crippen LogP contribution in [0.4, 0.5) is 0 Å². The van der Waals surface area contributed by atoms with Gasteiger partial charge in [-0.1, -0.05) is 24.3 Å². The third kappa shape index (κ3) is 2.16. The molecule has 1 fully saturated rings. The van der Waals surface area contributed by atoms with Crippen LogP contribution >= 0.6 is 11.8 Å². The fraction of sp³-hybridized carbons (Fsp3) is 0.364. The van der Waals surface area contributed by atoms with Crippen LogP contribution in [0.5, 0.6) is 0 Å². The maximum Gasteiger partial charge on any atom is 0.337 e. The normalized spacial score (nSPS) is 18.2. The summed E-state index contributed by atoms with van der Waals surface area (Å²) in [6.45, 7) is 0. The summed E-state index contributed by atoms with van der Waals surface area (Å²) in [5, 5.41) is 17.9. The van der Waals surface area contributed by atoms with E-state index in [0.717, 1.165) is 11.5 Å². The van der Waals surface area contributed by atoms with Gasteiger partial charge in [-0.2, -0.15) is 11.8 Å². The minimum absolute atomic E-state index is 0.443. The Morgan fingerprint density at radius 2 is 1.93 bits per heavy atom. The lowest BCUT2D eigenvalue weighted by molar-refractivity contribution is -0.146. The molecule has 0 radical (unpaired) electrons. The third-order valence-electron chi connectivity index (χ3n) is 2.60. The second-order valence-corrected chi connectivity index (χ2v) is 4.72. The summed E-state index contributed by atoms with van der Waals surface area (Å²) in [5.41, 5.74) is 1.67. The van der Waals surface area contributed by atoms with Gasteiger partial charge >= 0.3 is 5.97 Å². The first kappa shape index (κ1) is 10.5. The molecule has 1 saturated heterocycles. The molecule has 0 aliphatic carbocycles. The summed E-state index contributed by atoms with van der Waals surface area (Å²) in [6.07, 6.45) is -1.41. The van der Waals surface area contributed by atoms with Crippen LogP contribution in [-0.2, 0) is 4.79 Å². The molecule has 0 bridgehead atoms. The fourth-order valence-electron chi connectivity index (χ4n) is 1.52. The average molecular weight is 224 g/mol. The van der Waals surface area contributed by atoms with E-state index in [0.29, 0.717) is 11.5 Å². The van der Waals surface area contributed by atoms with E-state index in [1.54, 1.807) is 12.1 Å². The molecular formula is C11H12O3S. The van der Waals surface area contributed by atoms with Crippen molar-refractivity contribution in [2.45, 2.75) is 12.0 Å². The number of benzene rings is 1. The second-order valence-electron chi connectivity index (χ2n) is 3.64. The standard InChI is InChI=1S/C11H12O3S/c12-10(11(13)14)8-3-1-7(2-4-8)9-5-15-6-9/h1-4,9-10,12H,5-6H2,(H,13,14). The molecular weight excluding hydrogens is 212 g/mol. The summed E-state index contributed by atoms with van der Waals surface area (Å²) < 4.78 is 0. The molecule has 0 spiro atoms. The first-order chi connectivity index (χ1) is 7.18. The van der Waals surface area contributed by atoms with Gasteiger partial charge < -0.3 is 10.2 Å². The predicted octanol–water partition coefficient (Wildman–Crippen LogP) is 1.64. The van der Waals surface area contributed by atoms with Crippen molar-refractivity contribution in [3.05, 3.63) is 35.4 Å². The SMILES string of the molecule is O=C(O)C(O)c1ccc(C2CSC2)cc1. The Morgan fingerprint density at radius 3 is 2.33 bits per heavy atom. The highest BCUT2D eigenvalue weighted by Gasteiger charge is 2.21. The Morgan fingerprint density at radius 1 is 1.33 bits per heavy atom. The molecule has 1 aromatic rings. The first-order valence-corrected chi connectivity index (χ1v) is 5.92.